The van der Waals surface area contributed by atoms with Gasteiger partial charge in [-0.1, -0.05) is 19.1 Å². The van der Waals surface area contributed by atoms with Gasteiger partial charge in [0, 0.05) is 18.8 Å². The number of allylic oxidation sites excluding steroid dienone is 4. The highest BCUT2D eigenvalue weighted by molar-refractivity contribution is 5.27. The molecule has 0 aromatic carbocycles. The fraction of sp³-hybridized carbons (Fsp3) is 0.692. The second-order valence-corrected chi connectivity index (χ2v) is 4.33. The third kappa shape index (κ3) is 2.02. The Kier molecular flexibility index (Phi) is 3.28. The molecule has 0 unspecified atom stereocenters. The molecule has 2 aliphatic rings. The van der Waals surface area contributed by atoms with Crippen LogP contribution in [-0.2, 0) is 0 Å². The van der Waals surface area contributed by atoms with Crippen LogP contribution >= 0.6 is 0 Å². The van der Waals surface area contributed by atoms with Gasteiger partial charge in [-0.15, -0.1) is 0 Å². The molecule has 2 aliphatic heterocycles. The van der Waals surface area contributed by atoms with Crippen molar-refractivity contribution in [2.45, 2.75) is 45.4 Å². The molecular weight excluding hydrogens is 170 g/mol. The van der Waals surface area contributed by atoms with Gasteiger partial charge in [0.05, 0.1) is 0 Å². The summed E-state index contributed by atoms with van der Waals surface area (Å²) in [6, 6.07) is 0. The molecule has 0 aromatic rings. The quantitative estimate of drug-likeness (QED) is 0.646. The van der Waals surface area contributed by atoms with Crippen molar-refractivity contribution in [3.05, 3.63) is 23.4 Å². The number of rotatable bonds is 2. The summed E-state index contributed by atoms with van der Waals surface area (Å²) in [6.45, 7) is 4.82. The second kappa shape index (κ2) is 4.68. The molecule has 0 radical (unpaired) electrons. The Morgan fingerprint density at radius 2 is 2.00 bits per heavy atom. The molecule has 2 rings (SSSR count). The number of fused-ring (bicyclic) bond motifs is 1. The molecule has 0 spiro atoms. The molecule has 0 aromatic heterocycles. The molecule has 0 N–H and O–H groups in total. The standard InChI is InChI=1S/C13H21N/c1-2-3-7-12-8-4-5-10-14-11-6-9-13(12)14/h3,7H,2,4-6,8-11H2,1H3/b7-3-. The summed E-state index contributed by atoms with van der Waals surface area (Å²) in [5.74, 6) is 0. The Morgan fingerprint density at radius 1 is 1.14 bits per heavy atom. The first kappa shape index (κ1) is 9.82. The average molecular weight is 191 g/mol. The zero-order valence-electron chi connectivity index (χ0n) is 9.26. The van der Waals surface area contributed by atoms with Gasteiger partial charge in [0.25, 0.3) is 0 Å². The lowest BCUT2D eigenvalue weighted by molar-refractivity contribution is 0.390. The molecule has 1 saturated heterocycles. The average Bonchev–Trinajstić information content (AvgIpc) is 2.58. The summed E-state index contributed by atoms with van der Waals surface area (Å²) in [6.07, 6.45) is 12.6. The minimum atomic E-state index is 1.16. The SMILES string of the molecule is CC/C=C\C1=C2CCCN2CCCC1. The largest absolute Gasteiger partial charge is 0.375 e. The van der Waals surface area contributed by atoms with Gasteiger partial charge in [-0.25, -0.2) is 0 Å². The number of nitrogens with zero attached hydrogens (tertiary/aromatic N) is 1. The Morgan fingerprint density at radius 3 is 2.86 bits per heavy atom. The van der Waals surface area contributed by atoms with Crippen molar-refractivity contribution in [1.29, 1.82) is 0 Å². The van der Waals surface area contributed by atoms with E-state index in [4.69, 9.17) is 0 Å². The Labute approximate surface area is 87.5 Å². The van der Waals surface area contributed by atoms with Crippen LogP contribution in [0.3, 0.4) is 0 Å². The van der Waals surface area contributed by atoms with E-state index in [1.807, 2.05) is 0 Å². The van der Waals surface area contributed by atoms with Crippen LogP contribution in [0.4, 0.5) is 0 Å². The van der Waals surface area contributed by atoms with E-state index in [-0.39, 0.29) is 0 Å². The fourth-order valence-electron chi connectivity index (χ4n) is 2.54. The van der Waals surface area contributed by atoms with Crippen LogP contribution in [0.25, 0.3) is 0 Å². The molecule has 0 saturated carbocycles. The first-order valence-electron chi connectivity index (χ1n) is 6.05. The van der Waals surface area contributed by atoms with E-state index in [9.17, 15) is 0 Å². The van der Waals surface area contributed by atoms with E-state index in [2.05, 4.69) is 24.0 Å². The van der Waals surface area contributed by atoms with E-state index >= 15 is 0 Å². The third-order valence-corrected chi connectivity index (χ3v) is 3.27. The number of hydrogen-bond acceptors (Lipinski definition) is 1. The van der Waals surface area contributed by atoms with Crippen LogP contribution in [0, 0.1) is 0 Å². The first-order valence-corrected chi connectivity index (χ1v) is 6.05. The third-order valence-electron chi connectivity index (χ3n) is 3.27. The van der Waals surface area contributed by atoms with Crippen molar-refractivity contribution < 1.29 is 0 Å². The van der Waals surface area contributed by atoms with E-state index in [0.29, 0.717) is 0 Å². The molecular formula is C13H21N. The van der Waals surface area contributed by atoms with Gasteiger partial charge in [0.15, 0.2) is 0 Å². The minimum absolute atomic E-state index is 1.16. The molecule has 1 heteroatoms. The molecule has 1 fully saturated rings. The molecule has 14 heavy (non-hydrogen) atoms. The van der Waals surface area contributed by atoms with Gasteiger partial charge < -0.3 is 4.90 Å². The fourth-order valence-corrected chi connectivity index (χ4v) is 2.54. The van der Waals surface area contributed by atoms with Crippen molar-refractivity contribution in [2.24, 2.45) is 0 Å². The lowest BCUT2D eigenvalue weighted by atomic mass is 10.1. The second-order valence-electron chi connectivity index (χ2n) is 4.33. The Hall–Kier alpha value is -0.720. The summed E-state index contributed by atoms with van der Waals surface area (Å²) in [7, 11) is 0. The summed E-state index contributed by atoms with van der Waals surface area (Å²) in [5.41, 5.74) is 3.29. The minimum Gasteiger partial charge on any atom is -0.375 e. The van der Waals surface area contributed by atoms with Crippen LogP contribution in [0.1, 0.15) is 45.4 Å². The molecule has 0 aliphatic carbocycles. The van der Waals surface area contributed by atoms with Crippen LogP contribution in [-0.4, -0.2) is 18.0 Å². The van der Waals surface area contributed by atoms with Gasteiger partial charge in [-0.05, 0) is 44.1 Å². The lowest BCUT2D eigenvalue weighted by Crippen LogP contribution is -2.18. The van der Waals surface area contributed by atoms with E-state index < -0.39 is 0 Å². The normalized spacial score (nSPS) is 23.1. The van der Waals surface area contributed by atoms with Gasteiger partial charge in [-0.2, -0.15) is 0 Å². The van der Waals surface area contributed by atoms with Gasteiger partial charge in [0.2, 0.25) is 0 Å². The highest BCUT2D eigenvalue weighted by Crippen LogP contribution is 2.30. The predicted octanol–water partition coefficient (Wildman–Crippen LogP) is 3.49. The van der Waals surface area contributed by atoms with Crippen molar-refractivity contribution in [1.82, 2.24) is 4.90 Å². The van der Waals surface area contributed by atoms with Gasteiger partial charge in [-0.3, -0.25) is 0 Å². The zero-order chi connectivity index (χ0) is 9.80. The maximum Gasteiger partial charge on any atom is 0.0178 e. The Bertz CT molecular complexity index is 250. The molecule has 0 bridgehead atoms. The van der Waals surface area contributed by atoms with Crippen LogP contribution in [0.5, 0.6) is 0 Å². The molecule has 0 amide bonds. The van der Waals surface area contributed by atoms with Gasteiger partial charge >= 0.3 is 0 Å². The van der Waals surface area contributed by atoms with Crippen LogP contribution in [0.15, 0.2) is 23.4 Å². The maximum absolute atomic E-state index is 2.61. The lowest BCUT2D eigenvalue weighted by Gasteiger charge is -2.18. The maximum atomic E-state index is 2.61. The summed E-state index contributed by atoms with van der Waals surface area (Å²) in [4.78, 5) is 2.61. The van der Waals surface area contributed by atoms with Crippen LogP contribution in [0.2, 0.25) is 0 Å². The molecule has 78 valence electrons. The molecule has 2 heterocycles. The van der Waals surface area contributed by atoms with Crippen molar-refractivity contribution >= 4 is 0 Å². The Balaban J connectivity index is 2.18. The molecule has 0 atom stereocenters. The topological polar surface area (TPSA) is 3.24 Å². The van der Waals surface area contributed by atoms with Crippen molar-refractivity contribution in [3.8, 4) is 0 Å². The van der Waals surface area contributed by atoms with E-state index in [1.54, 1.807) is 11.3 Å². The monoisotopic (exact) mass is 191 g/mol. The van der Waals surface area contributed by atoms with E-state index in [1.165, 1.54) is 45.2 Å². The van der Waals surface area contributed by atoms with Crippen molar-refractivity contribution in [3.63, 3.8) is 0 Å². The zero-order valence-corrected chi connectivity index (χ0v) is 9.26. The van der Waals surface area contributed by atoms with Gasteiger partial charge in [0.1, 0.15) is 0 Å². The van der Waals surface area contributed by atoms with Crippen LogP contribution < -0.4 is 0 Å². The smallest absolute Gasteiger partial charge is 0.0178 e. The van der Waals surface area contributed by atoms with E-state index in [0.717, 1.165) is 6.42 Å². The highest BCUT2D eigenvalue weighted by atomic mass is 15.2. The molecule has 1 nitrogen and oxygen atoms in total. The highest BCUT2D eigenvalue weighted by Gasteiger charge is 2.21. The summed E-state index contributed by atoms with van der Waals surface area (Å²) >= 11 is 0. The summed E-state index contributed by atoms with van der Waals surface area (Å²) < 4.78 is 0. The summed E-state index contributed by atoms with van der Waals surface area (Å²) in [5, 5.41) is 0. The predicted molar refractivity (Wildman–Crippen MR) is 61.1 cm³/mol. The van der Waals surface area contributed by atoms with Crippen molar-refractivity contribution in [2.75, 3.05) is 13.1 Å². The number of hydrogen-bond donors (Lipinski definition) is 0. The first-order chi connectivity index (χ1) is 6.92.